The van der Waals surface area contributed by atoms with Crippen molar-refractivity contribution < 1.29 is 19.1 Å². The summed E-state index contributed by atoms with van der Waals surface area (Å²) < 4.78 is 5.25. The molecule has 4 rings (SSSR count). The van der Waals surface area contributed by atoms with Crippen LogP contribution in [0.5, 0.6) is 0 Å². The van der Waals surface area contributed by atoms with Gasteiger partial charge in [-0.2, -0.15) is 0 Å². The van der Waals surface area contributed by atoms with Gasteiger partial charge in [-0.3, -0.25) is 14.4 Å². The highest BCUT2D eigenvalue weighted by Crippen LogP contribution is 2.19. The summed E-state index contributed by atoms with van der Waals surface area (Å²) in [6.45, 7) is 11.2. The lowest BCUT2D eigenvalue weighted by atomic mass is 9.93. The van der Waals surface area contributed by atoms with Crippen LogP contribution in [0.15, 0.2) is 0 Å². The Morgan fingerprint density at radius 1 is 0.692 bits per heavy atom. The van der Waals surface area contributed by atoms with Crippen LogP contribution in [0.25, 0.3) is 0 Å². The molecule has 0 aromatic rings. The molecule has 9 nitrogen and oxygen atoms in total. The highest BCUT2D eigenvalue weighted by molar-refractivity contribution is 5.81. The normalized spacial score (nSPS) is 27.2. The molecule has 4 aliphatic heterocycles. The molecule has 4 saturated heterocycles. The van der Waals surface area contributed by atoms with E-state index in [1.807, 2.05) is 25.9 Å². The van der Waals surface area contributed by atoms with Crippen LogP contribution in [0.4, 0.5) is 0 Å². The first-order chi connectivity index (χ1) is 18.6. The molecular formula is C30H57N5O4. The van der Waals surface area contributed by atoms with Gasteiger partial charge in [0, 0.05) is 59.2 Å². The average Bonchev–Trinajstić information content (AvgIpc) is 3.17. The maximum atomic E-state index is 12.1. The van der Waals surface area contributed by atoms with E-state index in [1.165, 1.54) is 19.3 Å². The van der Waals surface area contributed by atoms with Gasteiger partial charge in [0.25, 0.3) is 0 Å². The summed E-state index contributed by atoms with van der Waals surface area (Å²) in [5.41, 5.74) is 0. The van der Waals surface area contributed by atoms with Crippen molar-refractivity contribution in [2.24, 2.45) is 17.8 Å². The Balaban J connectivity index is 0.000000208. The molecule has 0 bridgehead atoms. The summed E-state index contributed by atoms with van der Waals surface area (Å²) in [6.07, 6.45) is 8.68. The van der Waals surface area contributed by atoms with Crippen LogP contribution in [0.3, 0.4) is 0 Å². The highest BCUT2D eigenvalue weighted by atomic mass is 16.5. The standard InChI is InChI=1S/C11H20N2O2.C10H20N2O.C9H17NO/c1-12-4-2-3-10(9-12)11(14)13-5-7-15-8-6-13;1-11(2)10(13)9-6-4-5-7-12(3)8-9;1-3-9(11)8-5-4-6-10(2)7-8/h10H,2-9H2,1H3;9H,4-8H2,1-3H3;8H,3-7H2,1-2H3. The molecule has 0 aromatic heterocycles. The van der Waals surface area contributed by atoms with E-state index < -0.39 is 0 Å². The monoisotopic (exact) mass is 551 g/mol. The average molecular weight is 552 g/mol. The number of likely N-dealkylation sites (tertiary alicyclic amines) is 3. The van der Waals surface area contributed by atoms with Crippen molar-refractivity contribution >= 4 is 17.6 Å². The van der Waals surface area contributed by atoms with Gasteiger partial charge in [-0.25, -0.2) is 0 Å². The summed E-state index contributed by atoms with van der Waals surface area (Å²) in [7, 11) is 9.97. The summed E-state index contributed by atoms with van der Waals surface area (Å²) in [5, 5.41) is 0. The Morgan fingerprint density at radius 3 is 1.72 bits per heavy atom. The fourth-order valence-electron chi connectivity index (χ4n) is 6.03. The number of morpholine rings is 1. The van der Waals surface area contributed by atoms with Gasteiger partial charge in [-0.15, -0.1) is 0 Å². The Bertz CT molecular complexity index is 743. The van der Waals surface area contributed by atoms with E-state index in [1.54, 1.807) is 4.90 Å². The smallest absolute Gasteiger partial charge is 0.227 e. The molecule has 0 saturated carbocycles. The second-order valence-corrected chi connectivity index (χ2v) is 12.1. The van der Waals surface area contributed by atoms with Crippen LogP contribution in [0, 0.1) is 17.8 Å². The molecule has 3 unspecified atom stereocenters. The topological polar surface area (TPSA) is 76.6 Å². The van der Waals surface area contributed by atoms with Gasteiger partial charge in [0.1, 0.15) is 5.78 Å². The maximum Gasteiger partial charge on any atom is 0.227 e. The van der Waals surface area contributed by atoms with Crippen LogP contribution >= 0.6 is 0 Å². The number of hydrogen-bond acceptors (Lipinski definition) is 7. The third-order valence-electron chi connectivity index (χ3n) is 8.39. The Morgan fingerprint density at radius 2 is 1.18 bits per heavy atom. The number of carbonyl (C=O) groups excluding carboxylic acids is 3. The number of carbonyl (C=O) groups is 3. The number of Topliss-reactive ketones (excluding diaryl/α,β-unsaturated/α-hetero) is 1. The zero-order valence-corrected chi connectivity index (χ0v) is 25.8. The van der Waals surface area contributed by atoms with Crippen molar-refractivity contribution in [2.75, 3.05) is 101 Å². The Hall–Kier alpha value is -1.55. The van der Waals surface area contributed by atoms with Crippen molar-refractivity contribution in [3.05, 3.63) is 0 Å². The predicted molar refractivity (Wildman–Crippen MR) is 157 cm³/mol. The summed E-state index contributed by atoms with van der Waals surface area (Å²) >= 11 is 0. The second kappa shape index (κ2) is 18.0. The summed E-state index contributed by atoms with van der Waals surface area (Å²) in [4.78, 5) is 45.6. The summed E-state index contributed by atoms with van der Waals surface area (Å²) in [6, 6.07) is 0. The number of amides is 2. The van der Waals surface area contributed by atoms with Gasteiger partial charge in [0.05, 0.1) is 25.0 Å². The van der Waals surface area contributed by atoms with E-state index in [0.717, 1.165) is 78.0 Å². The number of piperidine rings is 2. The lowest BCUT2D eigenvalue weighted by Gasteiger charge is -2.34. The predicted octanol–water partition coefficient (Wildman–Crippen LogP) is 2.30. The van der Waals surface area contributed by atoms with Gasteiger partial charge in [-0.1, -0.05) is 13.3 Å². The number of ether oxygens (including phenoxy) is 1. The fourth-order valence-corrected chi connectivity index (χ4v) is 6.03. The number of hydrogen-bond donors (Lipinski definition) is 0. The Kier molecular flexibility index (Phi) is 15.5. The molecule has 226 valence electrons. The molecule has 2 amide bonds. The fraction of sp³-hybridized carbons (Fsp3) is 0.900. The summed E-state index contributed by atoms with van der Waals surface area (Å²) in [5.74, 6) is 1.85. The van der Waals surface area contributed by atoms with E-state index in [9.17, 15) is 14.4 Å². The first kappa shape index (κ1) is 33.7. The van der Waals surface area contributed by atoms with Crippen molar-refractivity contribution in [3.8, 4) is 0 Å². The minimum Gasteiger partial charge on any atom is -0.378 e. The molecule has 39 heavy (non-hydrogen) atoms. The first-order valence-electron chi connectivity index (χ1n) is 15.3. The lowest BCUT2D eigenvalue weighted by Crippen LogP contribution is -2.47. The molecule has 4 aliphatic rings. The number of rotatable bonds is 4. The zero-order chi connectivity index (χ0) is 28.8. The minimum absolute atomic E-state index is 0.224. The Labute approximate surface area is 238 Å². The SMILES string of the molecule is CCC(=O)C1CCCN(C)C1.CN1CCCC(C(=O)N2CCOCC2)C1.CN1CCCCC(C(=O)N(C)C)C1. The van der Waals surface area contributed by atoms with Crippen LogP contribution in [-0.4, -0.2) is 143 Å². The molecule has 3 atom stereocenters. The second-order valence-electron chi connectivity index (χ2n) is 12.1. The van der Waals surface area contributed by atoms with Crippen LogP contribution in [0.2, 0.25) is 0 Å². The van der Waals surface area contributed by atoms with Crippen LogP contribution in [-0.2, 0) is 19.1 Å². The third kappa shape index (κ3) is 12.2. The van der Waals surface area contributed by atoms with Crippen molar-refractivity contribution in [1.82, 2.24) is 24.5 Å². The first-order valence-corrected chi connectivity index (χ1v) is 15.3. The van der Waals surface area contributed by atoms with Crippen molar-refractivity contribution in [2.45, 2.75) is 58.3 Å². The van der Waals surface area contributed by atoms with Crippen molar-refractivity contribution in [1.29, 1.82) is 0 Å². The van der Waals surface area contributed by atoms with Crippen LogP contribution in [0.1, 0.15) is 58.3 Å². The van der Waals surface area contributed by atoms with Crippen molar-refractivity contribution in [3.63, 3.8) is 0 Å². The molecule has 0 aliphatic carbocycles. The van der Waals surface area contributed by atoms with E-state index in [0.29, 0.717) is 37.2 Å². The van der Waals surface area contributed by atoms with Crippen LogP contribution < -0.4 is 0 Å². The van der Waals surface area contributed by atoms with Gasteiger partial charge >= 0.3 is 0 Å². The zero-order valence-electron chi connectivity index (χ0n) is 25.8. The molecule has 4 fully saturated rings. The van der Waals surface area contributed by atoms with E-state index in [2.05, 4.69) is 35.8 Å². The maximum absolute atomic E-state index is 12.1. The minimum atomic E-state index is 0.224. The largest absolute Gasteiger partial charge is 0.378 e. The van der Waals surface area contributed by atoms with Gasteiger partial charge < -0.3 is 29.2 Å². The van der Waals surface area contributed by atoms with E-state index in [-0.39, 0.29) is 17.7 Å². The highest BCUT2D eigenvalue weighted by Gasteiger charge is 2.29. The number of ketones is 1. The van der Waals surface area contributed by atoms with E-state index in [4.69, 9.17) is 4.74 Å². The van der Waals surface area contributed by atoms with Gasteiger partial charge in [-0.05, 0) is 79.3 Å². The van der Waals surface area contributed by atoms with E-state index >= 15 is 0 Å². The molecular weight excluding hydrogens is 494 g/mol. The molecule has 0 N–H and O–H groups in total. The molecule has 4 heterocycles. The quantitative estimate of drug-likeness (QED) is 0.531. The molecule has 9 heteroatoms. The third-order valence-corrected chi connectivity index (χ3v) is 8.39. The molecule has 0 spiro atoms. The lowest BCUT2D eigenvalue weighted by molar-refractivity contribution is -0.141. The molecule has 0 radical (unpaired) electrons. The number of nitrogens with zero attached hydrogens (tertiary/aromatic N) is 5. The van der Waals surface area contributed by atoms with Gasteiger partial charge in [0.15, 0.2) is 0 Å². The molecule has 0 aromatic carbocycles. The van der Waals surface area contributed by atoms with Gasteiger partial charge in [0.2, 0.25) is 11.8 Å².